The van der Waals surface area contributed by atoms with E-state index in [-0.39, 0.29) is 47.6 Å². The minimum atomic E-state index is -0.368. The molecule has 5 atom stereocenters. The van der Waals surface area contributed by atoms with Crippen LogP contribution in [-0.2, 0) is 14.3 Å². The first kappa shape index (κ1) is 20.4. The molecule has 0 spiro atoms. The predicted molar refractivity (Wildman–Crippen MR) is 116 cm³/mol. The summed E-state index contributed by atoms with van der Waals surface area (Å²) in [4.78, 5) is 38.0. The van der Waals surface area contributed by atoms with Gasteiger partial charge in [-0.2, -0.15) is 0 Å². The molecule has 2 N–H and O–H groups in total. The van der Waals surface area contributed by atoms with E-state index >= 15 is 0 Å². The second-order valence-electron chi connectivity index (χ2n) is 8.51. The highest BCUT2D eigenvalue weighted by molar-refractivity contribution is 6.06. The molecule has 0 aromatic heterocycles. The molecule has 1 saturated heterocycles. The highest BCUT2D eigenvalue weighted by Gasteiger charge is 2.63. The van der Waals surface area contributed by atoms with Gasteiger partial charge in [0.05, 0.1) is 31.7 Å². The fourth-order valence-corrected chi connectivity index (χ4v) is 5.42. The van der Waals surface area contributed by atoms with Crippen LogP contribution in [0.25, 0.3) is 0 Å². The number of carbonyl (C=O) groups is 3. The van der Waals surface area contributed by atoms with E-state index in [1.165, 1.54) is 7.11 Å². The van der Waals surface area contributed by atoms with E-state index in [0.29, 0.717) is 28.4 Å². The molecule has 2 aromatic carbocycles. The van der Waals surface area contributed by atoms with Gasteiger partial charge in [0.15, 0.2) is 0 Å². The van der Waals surface area contributed by atoms with E-state index in [4.69, 9.17) is 14.2 Å². The van der Waals surface area contributed by atoms with Crippen LogP contribution in [0.2, 0.25) is 0 Å². The molecule has 2 amide bonds. The summed E-state index contributed by atoms with van der Waals surface area (Å²) in [5.41, 5.74) is 1.40. The maximum Gasteiger partial charge on any atom is 0.310 e. The number of benzene rings is 2. The predicted octanol–water partition coefficient (Wildman–Crippen LogP) is 3.09. The molecule has 0 unspecified atom stereocenters. The summed E-state index contributed by atoms with van der Waals surface area (Å²) in [6.45, 7) is 0. The second kappa shape index (κ2) is 7.85. The summed E-state index contributed by atoms with van der Waals surface area (Å²) in [7, 11) is 3.07. The monoisotopic (exact) mass is 436 g/mol. The van der Waals surface area contributed by atoms with Crippen LogP contribution >= 0.6 is 0 Å². The molecular formula is C24H24N2O6. The Balaban J connectivity index is 1.29. The molecule has 2 aliphatic carbocycles. The van der Waals surface area contributed by atoms with Crippen molar-refractivity contribution in [2.75, 3.05) is 24.9 Å². The smallest absolute Gasteiger partial charge is 0.310 e. The Labute approximate surface area is 185 Å². The topological polar surface area (TPSA) is 103 Å². The molecule has 166 valence electrons. The number of rotatable bonds is 6. The molecule has 3 aliphatic rings. The van der Waals surface area contributed by atoms with Crippen LogP contribution in [0.5, 0.6) is 11.5 Å². The lowest BCUT2D eigenvalue weighted by atomic mass is 9.79. The van der Waals surface area contributed by atoms with Gasteiger partial charge in [0.1, 0.15) is 17.6 Å². The third kappa shape index (κ3) is 3.36. The Morgan fingerprint density at radius 3 is 2.66 bits per heavy atom. The Bertz CT molecular complexity index is 1100. The van der Waals surface area contributed by atoms with E-state index in [1.807, 2.05) is 0 Å². The van der Waals surface area contributed by atoms with Gasteiger partial charge in [-0.05, 0) is 49.1 Å². The lowest BCUT2D eigenvalue weighted by Crippen LogP contribution is -2.35. The van der Waals surface area contributed by atoms with Gasteiger partial charge in [-0.1, -0.05) is 6.07 Å². The number of esters is 1. The zero-order valence-electron chi connectivity index (χ0n) is 17.8. The third-order valence-corrected chi connectivity index (χ3v) is 6.84. The Hall–Kier alpha value is -3.55. The van der Waals surface area contributed by atoms with Gasteiger partial charge in [0.2, 0.25) is 5.91 Å². The SMILES string of the molecule is COc1ccc(NC(=O)c2cccc(NC(=O)[C@@H]3[C@H]4C[C@H]5[C@H]3C(=O)O[C@H]5C4)c2)c(OC)c1. The Kier molecular flexibility index (Phi) is 5.00. The number of nitrogens with one attached hydrogen (secondary N) is 2. The van der Waals surface area contributed by atoms with Gasteiger partial charge in [0, 0.05) is 23.2 Å². The summed E-state index contributed by atoms with van der Waals surface area (Å²) in [6.07, 6.45) is 1.62. The van der Waals surface area contributed by atoms with Crippen molar-refractivity contribution in [3.8, 4) is 11.5 Å². The van der Waals surface area contributed by atoms with Gasteiger partial charge in [0.25, 0.3) is 5.91 Å². The molecule has 8 nitrogen and oxygen atoms in total. The third-order valence-electron chi connectivity index (χ3n) is 6.84. The normalized spacial score (nSPS) is 27.1. The van der Waals surface area contributed by atoms with Crippen molar-refractivity contribution in [1.29, 1.82) is 0 Å². The lowest BCUT2D eigenvalue weighted by Gasteiger charge is -2.23. The van der Waals surface area contributed by atoms with Crippen LogP contribution in [0, 0.1) is 23.7 Å². The minimum Gasteiger partial charge on any atom is -0.497 e. The highest BCUT2D eigenvalue weighted by atomic mass is 16.6. The highest BCUT2D eigenvalue weighted by Crippen LogP contribution is 2.57. The van der Waals surface area contributed by atoms with Gasteiger partial charge in [-0.15, -0.1) is 0 Å². The standard InChI is InChI=1S/C24H24N2O6/c1-30-15-6-7-17(19(11-15)31-2)26-22(27)12-4-3-5-14(8-12)25-23(28)20-13-9-16-18(10-13)32-24(29)21(16)20/h3-8,11,13,16,18,20-21H,9-10H2,1-2H3,(H,25,28)(H,26,27)/t13-,16+,18-,20+,21+/m0/s1. The van der Waals surface area contributed by atoms with E-state index in [1.54, 1.807) is 49.6 Å². The molecule has 1 heterocycles. The average molecular weight is 436 g/mol. The quantitative estimate of drug-likeness (QED) is 0.675. The molecule has 2 aromatic rings. The fourth-order valence-electron chi connectivity index (χ4n) is 5.42. The number of fused-ring (bicyclic) bond motifs is 1. The first-order valence-electron chi connectivity index (χ1n) is 10.6. The van der Waals surface area contributed by atoms with Crippen molar-refractivity contribution in [2.24, 2.45) is 23.7 Å². The number of methoxy groups -OCH3 is 2. The molecule has 3 fully saturated rings. The molecule has 2 bridgehead atoms. The zero-order chi connectivity index (χ0) is 22.4. The number of anilines is 2. The first-order valence-corrected chi connectivity index (χ1v) is 10.6. The van der Waals surface area contributed by atoms with Gasteiger partial charge in [-0.25, -0.2) is 0 Å². The average Bonchev–Trinajstić information content (AvgIpc) is 3.42. The van der Waals surface area contributed by atoms with Crippen molar-refractivity contribution < 1.29 is 28.6 Å². The lowest BCUT2D eigenvalue weighted by molar-refractivity contribution is -0.145. The van der Waals surface area contributed by atoms with Crippen LogP contribution in [0.3, 0.4) is 0 Å². The largest absolute Gasteiger partial charge is 0.497 e. The Morgan fingerprint density at radius 2 is 1.88 bits per heavy atom. The molecule has 1 aliphatic heterocycles. The molecule has 2 saturated carbocycles. The number of hydrogen-bond acceptors (Lipinski definition) is 6. The molecular weight excluding hydrogens is 412 g/mol. The van der Waals surface area contributed by atoms with Gasteiger partial charge >= 0.3 is 5.97 Å². The Morgan fingerprint density at radius 1 is 1.03 bits per heavy atom. The fraction of sp³-hybridized carbons (Fsp3) is 0.375. The summed E-state index contributed by atoms with van der Waals surface area (Å²) in [5, 5.41) is 5.72. The van der Waals surface area contributed by atoms with Crippen molar-refractivity contribution in [1.82, 2.24) is 0 Å². The minimum absolute atomic E-state index is 0.0106. The second-order valence-corrected chi connectivity index (χ2v) is 8.51. The van der Waals surface area contributed by atoms with Crippen molar-refractivity contribution >= 4 is 29.2 Å². The number of carbonyl (C=O) groups excluding carboxylic acids is 3. The zero-order valence-corrected chi connectivity index (χ0v) is 17.8. The summed E-state index contributed by atoms with van der Waals surface area (Å²) in [5.74, 6) is -0.0548. The van der Waals surface area contributed by atoms with Crippen LogP contribution in [-0.4, -0.2) is 38.1 Å². The maximum absolute atomic E-state index is 13.0. The van der Waals surface area contributed by atoms with Crippen LogP contribution in [0.4, 0.5) is 11.4 Å². The van der Waals surface area contributed by atoms with E-state index < -0.39 is 0 Å². The summed E-state index contributed by atoms with van der Waals surface area (Å²) in [6, 6.07) is 11.8. The molecule has 32 heavy (non-hydrogen) atoms. The number of hydrogen-bond donors (Lipinski definition) is 2. The molecule has 0 radical (unpaired) electrons. The van der Waals surface area contributed by atoms with Crippen LogP contribution < -0.4 is 20.1 Å². The van der Waals surface area contributed by atoms with Crippen LogP contribution in [0.1, 0.15) is 23.2 Å². The van der Waals surface area contributed by atoms with Crippen molar-refractivity contribution in [2.45, 2.75) is 18.9 Å². The van der Waals surface area contributed by atoms with Crippen LogP contribution in [0.15, 0.2) is 42.5 Å². The molecule has 8 heteroatoms. The summed E-state index contributed by atoms with van der Waals surface area (Å²) < 4.78 is 15.9. The van der Waals surface area contributed by atoms with Gasteiger partial charge in [-0.3, -0.25) is 14.4 Å². The first-order chi connectivity index (χ1) is 15.5. The van der Waals surface area contributed by atoms with Crippen molar-refractivity contribution in [3.63, 3.8) is 0 Å². The number of ether oxygens (including phenoxy) is 3. The van der Waals surface area contributed by atoms with E-state index in [2.05, 4.69) is 10.6 Å². The van der Waals surface area contributed by atoms with Gasteiger partial charge < -0.3 is 24.8 Å². The summed E-state index contributed by atoms with van der Waals surface area (Å²) >= 11 is 0. The molecule has 5 rings (SSSR count). The maximum atomic E-state index is 13.0. The van der Waals surface area contributed by atoms with E-state index in [9.17, 15) is 14.4 Å². The number of amides is 2. The van der Waals surface area contributed by atoms with Crippen molar-refractivity contribution in [3.05, 3.63) is 48.0 Å². The van der Waals surface area contributed by atoms with E-state index in [0.717, 1.165) is 12.8 Å².